The van der Waals surface area contributed by atoms with Crippen LogP contribution in [0.1, 0.15) is 36.5 Å². The maximum atomic E-state index is 11.0. The predicted octanol–water partition coefficient (Wildman–Crippen LogP) is 6.41. The molecule has 3 nitrogen and oxygen atoms in total. The summed E-state index contributed by atoms with van der Waals surface area (Å²) in [6.07, 6.45) is 1.47. The molecule has 0 bridgehead atoms. The molecule has 1 N–H and O–H groups in total. The van der Waals surface area contributed by atoms with Crippen molar-refractivity contribution in [1.82, 2.24) is 5.32 Å². The molecule has 0 radical (unpaired) electrons. The van der Waals surface area contributed by atoms with Crippen LogP contribution in [0, 0.1) is 6.92 Å². The van der Waals surface area contributed by atoms with Crippen molar-refractivity contribution in [2.75, 3.05) is 6.54 Å². The first-order chi connectivity index (χ1) is 14.0. The number of nitrogens with one attached hydrogen (secondary N) is 1. The maximum Gasteiger partial charge on any atom is 0.138 e. The molecule has 1 heterocycles. The van der Waals surface area contributed by atoms with Crippen LogP contribution in [0.5, 0.6) is 5.75 Å². The number of carbonyl (C=O) groups excluding carboxylic acids is 1. The summed E-state index contributed by atoms with van der Waals surface area (Å²) < 4.78 is 6.01. The van der Waals surface area contributed by atoms with Crippen LogP contribution in [0.25, 0.3) is 10.4 Å². The number of ketones is 1. The highest BCUT2D eigenvalue weighted by Crippen LogP contribution is 2.31. The van der Waals surface area contributed by atoms with Crippen molar-refractivity contribution in [2.45, 2.75) is 39.8 Å². The molecule has 0 unspecified atom stereocenters. The normalized spacial score (nSPS) is 10.9. The fourth-order valence-corrected chi connectivity index (χ4v) is 4.23. The molecular weight excluding hydrogens is 402 g/mol. The van der Waals surface area contributed by atoms with Gasteiger partial charge in [0.2, 0.25) is 0 Å². The first-order valence-corrected chi connectivity index (χ1v) is 11.0. The molecule has 29 heavy (non-hydrogen) atoms. The van der Waals surface area contributed by atoms with Crippen LogP contribution < -0.4 is 10.1 Å². The predicted molar refractivity (Wildman–Crippen MR) is 122 cm³/mol. The van der Waals surface area contributed by atoms with Crippen molar-refractivity contribution in [3.63, 3.8) is 0 Å². The van der Waals surface area contributed by atoms with Crippen molar-refractivity contribution in [1.29, 1.82) is 0 Å². The Labute approximate surface area is 181 Å². The second kappa shape index (κ2) is 10.6. The Morgan fingerprint density at radius 1 is 1.17 bits per heavy atom. The smallest absolute Gasteiger partial charge is 0.138 e. The second-order valence-corrected chi connectivity index (χ2v) is 8.46. The minimum absolute atomic E-state index is 0.229. The minimum Gasteiger partial charge on any atom is -0.487 e. The van der Waals surface area contributed by atoms with Gasteiger partial charge in [-0.15, -0.1) is 11.3 Å². The third-order valence-electron chi connectivity index (χ3n) is 4.82. The Hall–Kier alpha value is -2.14. The lowest BCUT2D eigenvalue weighted by atomic mass is 10.0. The van der Waals surface area contributed by atoms with Gasteiger partial charge < -0.3 is 14.8 Å². The zero-order valence-corrected chi connectivity index (χ0v) is 18.4. The highest BCUT2D eigenvalue weighted by molar-refractivity contribution is 7.13. The summed E-state index contributed by atoms with van der Waals surface area (Å²) in [6, 6.07) is 16.4. The number of hydrogen-bond donors (Lipinski definition) is 1. The Balaban J connectivity index is 1.57. The molecule has 152 valence electrons. The van der Waals surface area contributed by atoms with Gasteiger partial charge in [-0.1, -0.05) is 41.9 Å². The monoisotopic (exact) mass is 427 g/mol. The van der Waals surface area contributed by atoms with Crippen LogP contribution in [0.2, 0.25) is 5.02 Å². The molecule has 0 saturated carbocycles. The third kappa shape index (κ3) is 6.17. The fraction of sp³-hybridized carbons (Fsp3) is 0.292. The molecule has 3 aromatic rings. The fourth-order valence-electron chi connectivity index (χ4n) is 3.16. The molecule has 0 amide bonds. The van der Waals surface area contributed by atoms with Crippen molar-refractivity contribution < 1.29 is 9.53 Å². The molecule has 0 saturated heterocycles. The van der Waals surface area contributed by atoms with E-state index >= 15 is 0 Å². The summed E-state index contributed by atoms with van der Waals surface area (Å²) in [6.45, 7) is 5.78. The largest absolute Gasteiger partial charge is 0.487 e. The minimum atomic E-state index is 0.229. The molecular formula is C24H26ClNO2S. The average molecular weight is 428 g/mol. The van der Waals surface area contributed by atoms with E-state index in [2.05, 4.69) is 48.0 Å². The topological polar surface area (TPSA) is 38.3 Å². The lowest BCUT2D eigenvalue weighted by Crippen LogP contribution is -2.15. The molecule has 0 spiro atoms. The van der Waals surface area contributed by atoms with E-state index in [0.717, 1.165) is 30.6 Å². The van der Waals surface area contributed by atoms with Crippen LogP contribution in [-0.4, -0.2) is 12.3 Å². The van der Waals surface area contributed by atoms with Gasteiger partial charge in [-0.05, 0) is 72.6 Å². The number of hydrogen-bond acceptors (Lipinski definition) is 4. The Kier molecular flexibility index (Phi) is 7.87. The van der Waals surface area contributed by atoms with E-state index in [1.54, 1.807) is 18.3 Å². The lowest BCUT2D eigenvalue weighted by molar-refractivity contribution is -0.117. The number of Topliss-reactive ketones (excluding diaryl/α,β-unsaturated/α-hetero) is 1. The van der Waals surface area contributed by atoms with Gasteiger partial charge in [0, 0.05) is 17.8 Å². The molecule has 1 aromatic heterocycles. The quantitative estimate of drug-likeness (QED) is 0.379. The number of halogens is 1. The highest BCUT2D eigenvalue weighted by Gasteiger charge is 2.09. The highest BCUT2D eigenvalue weighted by atomic mass is 35.5. The van der Waals surface area contributed by atoms with Gasteiger partial charge >= 0.3 is 0 Å². The summed E-state index contributed by atoms with van der Waals surface area (Å²) in [5, 5.41) is 6.04. The van der Waals surface area contributed by atoms with Crippen LogP contribution in [0.4, 0.5) is 0 Å². The summed E-state index contributed by atoms with van der Waals surface area (Å²) in [5.41, 5.74) is 4.74. The van der Waals surface area contributed by atoms with Gasteiger partial charge in [-0.25, -0.2) is 0 Å². The van der Waals surface area contributed by atoms with Crippen molar-refractivity contribution in [3.05, 3.63) is 75.6 Å². The summed E-state index contributed by atoms with van der Waals surface area (Å²) in [5.74, 6) is 0.917. The second-order valence-electron chi connectivity index (χ2n) is 7.10. The molecule has 0 fully saturated rings. The van der Waals surface area contributed by atoms with E-state index in [1.165, 1.54) is 16.0 Å². The van der Waals surface area contributed by atoms with Crippen molar-refractivity contribution >= 4 is 28.7 Å². The van der Waals surface area contributed by atoms with Gasteiger partial charge in [0.15, 0.2) is 0 Å². The first-order valence-electron chi connectivity index (χ1n) is 9.78. The van der Waals surface area contributed by atoms with E-state index in [0.29, 0.717) is 23.8 Å². The molecule has 0 atom stereocenters. The Morgan fingerprint density at radius 3 is 2.76 bits per heavy atom. The number of thiophene rings is 1. The van der Waals surface area contributed by atoms with E-state index in [4.69, 9.17) is 16.3 Å². The molecule has 3 rings (SSSR count). The van der Waals surface area contributed by atoms with Gasteiger partial charge in [-0.3, -0.25) is 0 Å². The standard InChI is InChI=1S/C24H26ClNO2S/c1-17(27)6-4-12-26-15-19-10-11-23(22(25)14-19)28-16-20-7-3-8-21(18(20)2)24-9-5-13-29-24/h3,5,7-11,13-14,26H,4,6,12,15-16H2,1-2H3. The van der Waals surface area contributed by atoms with Gasteiger partial charge in [0.25, 0.3) is 0 Å². The van der Waals surface area contributed by atoms with E-state index in [9.17, 15) is 4.79 Å². The zero-order chi connectivity index (χ0) is 20.6. The van der Waals surface area contributed by atoms with Crippen LogP contribution in [0.15, 0.2) is 53.9 Å². The van der Waals surface area contributed by atoms with Crippen molar-refractivity contribution in [2.24, 2.45) is 0 Å². The number of rotatable bonds is 10. The molecule has 0 aliphatic carbocycles. The number of ether oxygens (including phenoxy) is 1. The number of benzene rings is 2. The Morgan fingerprint density at radius 2 is 2.03 bits per heavy atom. The number of carbonyl (C=O) groups is 1. The van der Waals surface area contributed by atoms with Gasteiger partial charge in [-0.2, -0.15) is 0 Å². The van der Waals surface area contributed by atoms with Crippen molar-refractivity contribution in [3.8, 4) is 16.2 Å². The lowest BCUT2D eigenvalue weighted by Gasteiger charge is -2.13. The SMILES string of the molecule is CC(=O)CCCNCc1ccc(OCc2cccc(-c3cccs3)c2C)c(Cl)c1. The first kappa shape index (κ1) is 21.6. The molecule has 0 aliphatic heterocycles. The van der Waals surface area contributed by atoms with Crippen LogP contribution in [0.3, 0.4) is 0 Å². The molecule has 5 heteroatoms. The van der Waals surface area contributed by atoms with E-state index in [-0.39, 0.29) is 5.78 Å². The third-order valence-corrected chi connectivity index (χ3v) is 6.02. The van der Waals surface area contributed by atoms with Gasteiger partial charge in [0.05, 0.1) is 5.02 Å². The summed E-state index contributed by atoms with van der Waals surface area (Å²) in [7, 11) is 0. The van der Waals surface area contributed by atoms with Crippen LogP contribution in [-0.2, 0) is 17.9 Å². The summed E-state index contributed by atoms with van der Waals surface area (Å²) >= 11 is 8.18. The van der Waals surface area contributed by atoms with Gasteiger partial charge in [0.1, 0.15) is 18.1 Å². The van der Waals surface area contributed by atoms with Crippen LogP contribution >= 0.6 is 22.9 Å². The Bertz CT molecular complexity index is 954. The molecule has 2 aromatic carbocycles. The average Bonchev–Trinajstić information content (AvgIpc) is 3.22. The maximum absolute atomic E-state index is 11.0. The molecule has 0 aliphatic rings. The van der Waals surface area contributed by atoms with E-state index in [1.807, 2.05) is 18.2 Å². The zero-order valence-electron chi connectivity index (χ0n) is 16.8. The van der Waals surface area contributed by atoms with E-state index < -0.39 is 0 Å². The summed E-state index contributed by atoms with van der Waals surface area (Å²) in [4.78, 5) is 12.2.